The van der Waals surface area contributed by atoms with Gasteiger partial charge in [0.25, 0.3) is 0 Å². The first-order valence-electron chi connectivity index (χ1n) is 6.55. The fraction of sp³-hybridized carbons (Fsp3) is 0.500. The van der Waals surface area contributed by atoms with Crippen molar-refractivity contribution in [3.05, 3.63) is 34.9 Å². The van der Waals surface area contributed by atoms with Gasteiger partial charge in [-0.1, -0.05) is 24.0 Å². The molecule has 1 aromatic carbocycles. The second-order valence-electron chi connectivity index (χ2n) is 4.73. The highest BCUT2D eigenvalue weighted by atomic mass is 16.7. The molecule has 0 N–H and O–H groups in total. The van der Waals surface area contributed by atoms with Crippen molar-refractivity contribution in [3.63, 3.8) is 0 Å². The van der Waals surface area contributed by atoms with Crippen molar-refractivity contribution in [2.24, 2.45) is 0 Å². The SMILES string of the molecule is Cc1ccc(C)c(C#CCOC2CCCCO2)c1. The topological polar surface area (TPSA) is 18.5 Å². The molecule has 0 saturated carbocycles. The molecular formula is C16H20O2. The van der Waals surface area contributed by atoms with Crippen molar-refractivity contribution in [2.75, 3.05) is 13.2 Å². The van der Waals surface area contributed by atoms with Crippen molar-refractivity contribution in [3.8, 4) is 11.8 Å². The van der Waals surface area contributed by atoms with Crippen LogP contribution in [0.5, 0.6) is 0 Å². The first-order valence-corrected chi connectivity index (χ1v) is 6.55. The van der Waals surface area contributed by atoms with E-state index in [9.17, 15) is 0 Å². The van der Waals surface area contributed by atoms with Crippen molar-refractivity contribution in [2.45, 2.75) is 39.4 Å². The van der Waals surface area contributed by atoms with Gasteiger partial charge in [0, 0.05) is 12.2 Å². The second kappa shape index (κ2) is 6.58. The van der Waals surface area contributed by atoms with Gasteiger partial charge in [0.05, 0.1) is 0 Å². The molecule has 1 unspecified atom stereocenters. The second-order valence-corrected chi connectivity index (χ2v) is 4.73. The van der Waals surface area contributed by atoms with Crippen LogP contribution in [0.4, 0.5) is 0 Å². The summed E-state index contributed by atoms with van der Waals surface area (Å²) in [6, 6.07) is 6.32. The first-order chi connectivity index (χ1) is 8.75. The zero-order valence-corrected chi connectivity index (χ0v) is 11.2. The van der Waals surface area contributed by atoms with Gasteiger partial charge >= 0.3 is 0 Å². The molecule has 0 amide bonds. The van der Waals surface area contributed by atoms with Crippen LogP contribution in [-0.2, 0) is 9.47 Å². The molecule has 1 fully saturated rings. The van der Waals surface area contributed by atoms with Gasteiger partial charge in [-0.05, 0) is 50.3 Å². The van der Waals surface area contributed by atoms with Gasteiger partial charge in [-0.3, -0.25) is 0 Å². The fourth-order valence-electron chi connectivity index (χ4n) is 1.98. The molecule has 2 rings (SSSR count). The third-order valence-corrected chi connectivity index (χ3v) is 3.10. The summed E-state index contributed by atoms with van der Waals surface area (Å²) < 4.78 is 11.1. The van der Waals surface area contributed by atoms with Gasteiger partial charge in [-0.25, -0.2) is 0 Å². The molecule has 1 aromatic rings. The Morgan fingerprint density at radius 3 is 3.00 bits per heavy atom. The van der Waals surface area contributed by atoms with Crippen LogP contribution in [0.3, 0.4) is 0 Å². The molecule has 1 aliphatic rings. The summed E-state index contributed by atoms with van der Waals surface area (Å²) in [7, 11) is 0. The van der Waals surface area contributed by atoms with E-state index in [4.69, 9.17) is 9.47 Å². The summed E-state index contributed by atoms with van der Waals surface area (Å²) in [6.07, 6.45) is 3.28. The molecule has 96 valence electrons. The van der Waals surface area contributed by atoms with Crippen LogP contribution in [0.15, 0.2) is 18.2 Å². The number of hydrogen-bond acceptors (Lipinski definition) is 2. The number of rotatable bonds is 2. The smallest absolute Gasteiger partial charge is 0.158 e. The minimum Gasteiger partial charge on any atom is -0.353 e. The van der Waals surface area contributed by atoms with E-state index in [2.05, 4.69) is 43.9 Å². The van der Waals surface area contributed by atoms with Crippen molar-refractivity contribution in [1.82, 2.24) is 0 Å². The van der Waals surface area contributed by atoms with E-state index in [0.717, 1.165) is 25.0 Å². The Bertz CT molecular complexity index is 448. The van der Waals surface area contributed by atoms with Crippen LogP contribution in [-0.4, -0.2) is 19.5 Å². The molecule has 1 heterocycles. The highest BCUT2D eigenvalue weighted by Crippen LogP contribution is 2.13. The molecular weight excluding hydrogens is 224 g/mol. The molecule has 0 aliphatic carbocycles. The van der Waals surface area contributed by atoms with Crippen LogP contribution in [0, 0.1) is 25.7 Å². The van der Waals surface area contributed by atoms with Gasteiger partial charge < -0.3 is 9.47 Å². The normalized spacial score (nSPS) is 19.1. The lowest BCUT2D eigenvalue weighted by molar-refractivity contribution is -0.154. The number of benzene rings is 1. The van der Waals surface area contributed by atoms with Crippen LogP contribution in [0.2, 0.25) is 0 Å². The highest BCUT2D eigenvalue weighted by molar-refractivity contribution is 5.42. The summed E-state index contributed by atoms with van der Waals surface area (Å²) in [5.41, 5.74) is 3.53. The Balaban J connectivity index is 1.85. The molecule has 2 nitrogen and oxygen atoms in total. The van der Waals surface area contributed by atoms with Gasteiger partial charge in [0.15, 0.2) is 6.29 Å². The average molecular weight is 244 g/mol. The molecule has 1 atom stereocenters. The summed E-state index contributed by atoms with van der Waals surface area (Å²) in [5, 5.41) is 0. The summed E-state index contributed by atoms with van der Waals surface area (Å²) in [4.78, 5) is 0. The van der Waals surface area contributed by atoms with Crippen molar-refractivity contribution < 1.29 is 9.47 Å². The van der Waals surface area contributed by atoms with Crippen LogP contribution in [0.25, 0.3) is 0 Å². The van der Waals surface area contributed by atoms with Crippen LogP contribution >= 0.6 is 0 Å². The van der Waals surface area contributed by atoms with Crippen LogP contribution in [0.1, 0.15) is 36.0 Å². The Morgan fingerprint density at radius 2 is 2.22 bits per heavy atom. The molecule has 0 bridgehead atoms. The lowest BCUT2D eigenvalue weighted by atomic mass is 10.1. The molecule has 2 heteroatoms. The van der Waals surface area contributed by atoms with E-state index in [0.29, 0.717) is 6.61 Å². The minimum atomic E-state index is -0.0494. The zero-order chi connectivity index (χ0) is 12.8. The van der Waals surface area contributed by atoms with E-state index in [1.165, 1.54) is 17.5 Å². The van der Waals surface area contributed by atoms with E-state index < -0.39 is 0 Å². The Labute approximate surface area is 109 Å². The predicted octanol–water partition coefficient (Wildman–Crippen LogP) is 3.20. The maximum absolute atomic E-state index is 5.58. The maximum Gasteiger partial charge on any atom is 0.158 e. The number of hydrogen-bond donors (Lipinski definition) is 0. The molecule has 0 aromatic heterocycles. The van der Waals surface area contributed by atoms with Crippen LogP contribution < -0.4 is 0 Å². The number of aryl methyl sites for hydroxylation is 2. The maximum atomic E-state index is 5.58. The minimum absolute atomic E-state index is 0.0494. The zero-order valence-electron chi connectivity index (χ0n) is 11.2. The molecule has 1 saturated heterocycles. The fourth-order valence-corrected chi connectivity index (χ4v) is 1.98. The number of ether oxygens (including phenoxy) is 2. The Kier molecular flexibility index (Phi) is 4.81. The van der Waals surface area contributed by atoms with Gasteiger partial charge in [0.1, 0.15) is 6.61 Å². The molecule has 0 spiro atoms. The van der Waals surface area contributed by atoms with E-state index in [1.54, 1.807) is 0 Å². The highest BCUT2D eigenvalue weighted by Gasteiger charge is 2.12. The van der Waals surface area contributed by atoms with Crippen molar-refractivity contribution >= 4 is 0 Å². The van der Waals surface area contributed by atoms with Gasteiger partial charge in [-0.2, -0.15) is 0 Å². The average Bonchev–Trinajstić information content (AvgIpc) is 2.40. The lowest BCUT2D eigenvalue weighted by Crippen LogP contribution is -2.22. The van der Waals surface area contributed by atoms with E-state index in [-0.39, 0.29) is 6.29 Å². The predicted molar refractivity (Wildman–Crippen MR) is 72.3 cm³/mol. The standard InChI is InChI=1S/C16H20O2/c1-13-8-9-14(2)15(12-13)6-5-11-18-16-7-3-4-10-17-16/h8-9,12,16H,3-4,7,10-11H2,1-2H3. The largest absolute Gasteiger partial charge is 0.353 e. The Morgan fingerprint density at radius 1 is 1.33 bits per heavy atom. The molecule has 0 radical (unpaired) electrons. The molecule has 18 heavy (non-hydrogen) atoms. The summed E-state index contributed by atoms with van der Waals surface area (Å²) >= 11 is 0. The molecule has 1 aliphatic heterocycles. The summed E-state index contributed by atoms with van der Waals surface area (Å²) in [6.45, 7) is 5.42. The third kappa shape index (κ3) is 3.87. The Hall–Kier alpha value is -1.30. The van der Waals surface area contributed by atoms with Crippen molar-refractivity contribution in [1.29, 1.82) is 0 Å². The monoisotopic (exact) mass is 244 g/mol. The van der Waals surface area contributed by atoms with Gasteiger partial charge in [0.2, 0.25) is 0 Å². The van der Waals surface area contributed by atoms with Gasteiger partial charge in [-0.15, -0.1) is 0 Å². The first kappa shape index (κ1) is 13.1. The summed E-state index contributed by atoms with van der Waals surface area (Å²) in [5.74, 6) is 6.23. The lowest BCUT2D eigenvalue weighted by Gasteiger charge is -2.21. The van der Waals surface area contributed by atoms with E-state index >= 15 is 0 Å². The van der Waals surface area contributed by atoms with E-state index in [1.807, 2.05) is 0 Å². The quantitative estimate of drug-likeness (QED) is 0.744. The third-order valence-electron chi connectivity index (χ3n) is 3.10.